The summed E-state index contributed by atoms with van der Waals surface area (Å²) in [6, 6.07) is 13.2. The molecule has 1 N–H and O–H groups in total. The van der Waals surface area contributed by atoms with Crippen molar-refractivity contribution in [3.8, 4) is 0 Å². The van der Waals surface area contributed by atoms with Crippen molar-refractivity contribution in [3.05, 3.63) is 59.9 Å². The summed E-state index contributed by atoms with van der Waals surface area (Å²) < 4.78 is 2.28. The number of hydrogen-bond donors (Lipinski definition) is 1. The molecule has 2 rings (SSSR count). The van der Waals surface area contributed by atoms with E-state index in [0.29, 0.717) is 6.04 Å². The second-order valence-corrected chi connectivity index (χ2v) is 5.08. The standard InChI is InChI=1S/C17H24N2/c1-3-4-11-18-13-16-10-12-19(14-16)15(2)17-8-6-5-7-9-17/h5-10,12,14-15,18H,3-4,11,13H2,1-2H3/t15-/m1/s1. The number of nitrogens with one attached hydrogen (secondary N) is 1. The molecule has 0 aliphatic carbocycles. The third kappa shape index (κ3) is 3.97. The van der Waals surface area contributed by atoms with Gasteiger partial charge in [0.2, 0.25) is 0 Å². The van der Waals surface area contributed by atoms with Crippen LogP contribution in [0.2, 0.25) is 0 Å². The summed E-state index contributed by atoms with van der Waals surface area (Å²) in [6.45, 7) is 6.54. The molecule has 0 aliphatic heterocycles. The highest BCUT2D eigenvalue weighted by Gasteiger charge is 2.06. The van der Waals surface area contributed by atoms with E-state index in [1.54, 1.807) is 0 Å². The van der Waals surface area contributed by atoms with Crippen molar-refractivity contribution in [2.75, 3.05) is 6.54 Å². The van der Waals surface area contributed by atoms with Gasteiger partial charge in [0.1, 0.15) is 0 Å². The molecule has 0 radical (unpaired) electrons. The van der Waals surface area contributed by atoms with Crippen LogP contribution >= 0.6 is 0 Å². The average molecular weight is 256 g/mol. The molecule has 102 valence electrons. The molecule has 1 aromatic heterocycles. The quantitative estimate of drug-likeness (QED) is 0.741. The van der Waals surface area contributed by atoms with E-state index in [9.17, 15) is 0 Å². The van der Waals surface area contributed by atoms with Gasteiger partial charge in [-0.15, -0.1) is 0 Å². The number of rotatable bonds is 7. The summed E-state index contributed by atoms with van der Waals surface area (Å²) >= 11 is 0. The molecular weight excluding hydrogens is 232 g/mol. The minimum absolute atomic E-state index is 0.394. The Morgan fingerprint density at radius 1 is 1.16 bits per heavy atom. The molecule has 2 heteroatoms. The molecule has 0 saturated heterocycles. The summed E-state index contributed by atoms with van der Waals surface area (Å²) in [5.41, 5.74) is 2.71. The molecule has 1 aromatic carbocycles. The highest BCUT2D eigenvalue weighted by molar-refractivity contribution is 5.21. The molecule has 19 heavy (non-hydrogen) atoms. The fourth-order valence-corrected chi connectivity index (χ4v) is 2.24. The van der Waals surface area contributed by atoms with Crippen LogP contribution < -0.4 is 5.32 Å². The molecule has 1 atom stereocenters. The lowest BCUT2D eigenvalue weighted by Gasteiger charge is -2.13. The normalized spacial score (nSPS) is 12.5. The summed E-state index contributed by atoms with van der Waals surface area (Å²) in [4.78, 5) is 0. The van der Waals surface area contributed by atoms with Crippen LogP contribution in [0.25, 0.3) is 0 Å². The number of nitrogens with zero attached hydrogens (tertiary/aromatic N) is 1. The third-order valence-corrected chi connectivity index (χ3v) is 3.54. The highest BCUT2D eigenvalue weighted by Crippen LogP contribution is 2.18. The van der Waals surface area contributed by atoms with E-state index in [2.05, 4.69) is 72.5 Å². The first-order valence-electron chi connectivity index (χ1n) is 7.23. The van der Waals surface area contributed by atoms with Crippen molar-refractivity contribution in [2.45, 2.75) is 39.3 Å². The van der Waals surface area contributed by atoms with Crippen LogP contribution in [0, 0.1) is 0 Å². The second kappa shape index (κ2) is 7.15. The van der Waals surface area contributed by atoms with Crippen molar-refractivity contribution >= 4 is 0 Å². The van der Waals surface area contributed by atoms with Crippen molar-refractivity contribution < 1.29 is 0 Å². The van der Waals surface area contributed by atoms with Gasteiger partial charge in [0, 0.05) is 18.9 Å². The first-order chi connectivity index (χ1) is 9.31. The average Bonchev–Trinajstić information content (AvgIpc) is 2.92. The minimum atomic E-state index is 0.394. The van der Waals surface area contributed by atoms with Crippen LogP contribution in [-0.2, 0) is 6.54 Å². The maximum absolute atomic E-state index is 3.48. The zero-order valence-electron chi connectivity index (χ0n) is 12.0. The number of aromatic nitrogens is 1. The van der Waals surface area contributed by atoms with Gasteiger partial charge in [-0.25, -0.2) is 0 Å². The van der Waals surface area contributed by atoms with Crippen molar-refractivity contribution in [1.29, 1.82) is 0 Å². The van der Waals surface area contributed by atoms with E-state index in [4.69, 9.17) is 0 Å². The van der Waals surface area contributed by atoms with Crippen molar-refractivity contribution in [3.63, 3.8) is 0 Å². The Hall–Kier alpha value is -1.54. The Kier molecular flexibility index (Phi) is 5.22. The summed E-state index contributed by atoms with van der Waals surface area (Å²) in [5.74, 6) is 0. The topological polar surface area (TPSA) is 17.0 Å². The van der Waals surface area contributed by atoms with E-state index >= 15 is 0 Å². The van der Waals surface area contributed by atoms with Crippen LogP contribution in [0.4, 0.5) is 0 Å². The molecule has 0 fully saturated rings. The van der Waals surface area contributed by atoms with Crippen LogP contribution in [0.3, 0.4) is 0 Å². The number of unbranched alkanes of at least 4 members (excludes halogenated alkanes) is 1. The zero-order chi connectivity index (χ0) is 13.5. The van der Waals surface area contributed by atoms with Gasteiger partial charge >= 0.3 is 0 Å². The van der Waals surface area contributed by atoms with Crippen LogP contribution in [0.1, 0.15) is 43.9 Å². The third-order valence-electron chi connectivity index (χ3n) is 3.54. The van der Waals surface area contributed by atoms with Gasteiger partial charge < -0.3 is 9.88 Å². The molecule has 0 spiro atoms. The predicted molar refractivity (Wildman–Crippen MR) is 81.3 cm³/mol. The van der Waals surface area contributed by atoms with Crippen molar-refractivity contribution in [1.82, 2.24) is 9.88 Å². The van der Waals surface area contributed by atoms with Crippen molar-refractivity contribution in [2.24, 2.45) is 0 Å². The van der Waals surface area contributed by atoms with E-state index in [0.717, 1.165) is 13.1 Å². The fraction of sp³-hybridized carbons (Fsp3) is 0.412. The summed E-state index contributed by atoms with van der Waals surface area (Å²) in [7, 11) is 0. The summed E-state index contributed by atoms with van der Waals surface area (Å²) in [6.07, 6.45) is 6.92. The van der Waals surface area contributed by atoms with Crippen LogP contribution in [-0.4, -0.2) is 11.1 Å². The monoisotopic (exact) mass is 256 g/mol. The molecule has 0 saturated carbocycles. The van der Waals surface area contributed by atoms with E-state index in [-0.39, 0.29) is 0 Å². The lowest BCUT2D eigenvalue weighted by atomic mass is 10.1. The fourth-order valence-electron chi connectivity index (χ4n) is 2.24. The molecule has 0 unspecified atom stereocenters. The van der Waals surface area contributed by atoms with Crippen LogP contribution in [0.5, 0.6) is 0 Å². The molecule has 0 bridgehead atoms. The molecule has 2 nitrogen and oxygen atoms in total. The minimum Gasteiger partial charge on any atom is -0.347 e. The van der Waals surface area contributed by atoms with E-state index < -0.39 is 0 Å². The highest BCUT2D eigenvalue weighted by atomic mass is 15.0. The van der Waals surface area contributed by atoms with Gasteiger partial charge in [-0.05, 0) is 37.1 Å². The molecule has 0 aliphatic rings. The Morgan fingerprint density at radius 2 is 1.95 bits per heavy atom. The smallest absolute Gasteiger partial charge is 0.0551 e. The van der Waals surface area contributed by atoms with E-state index in [1.165, 1.54) is 24.0 Å². The molecule has 2 aromatic rings. The predicted octanol–water partition coefficient (Wildman–Crippen LogP) is 3.99. The van der Waals surface area contributed by atoms with Crippen LogP contribution in [0.15, 0.2) is 48.8 Å². The Bertz CT molecular complexity index is 473. The largest absolute Gasteiger partial charge is 0.347 e. The lowest BCUT2D eigenvalue weighted by molar-refractivity contribution is 0.626. The van der Waals surface area contributed by atoms with Gasteiger partial charge in [0.25, 0.3) is 0 Å². The van der Waals surface area contributed by atoms with E-state index in [1.807, 2.05) is 0 Å². The first-order valence-corrected chi connectivity index (χ1v) is 7.23. The van der Waals surface area contributed by atoms with Gasteiger partial charge in [0.05, 0.1) is 6.04 Å². The Labute approximate surface area is 116 Å². The number of benzene rings is 1. The molecular formula is C17H24N2. The molecule has 0 amide bonds. The lowest BCUT2D eigenvalue weighted by Crippen LogP contribution is -2.14. The maximum atomic E-state index is 3.48. The second-order valence-electron chi connectivity index (χ2n) is 5.08. The van der Waals surface area contributed by atoms with Gasteiger partial charge in [-0.3, -0.25) is 0 Å². The Balaban J connectivity index is 1.93. The van der Waals surface area contributed by atoms with Gasteiger partial charge in [0.15, 0.2) is 0 Å². The SMILES string of the molecule is CCCCNCc1ccn([C@H](C)c2ccccc2)c1. The Morgan fingerprint density at radius 3 is 2.68 bits per heavy atom. The van der Waals surface area contributed by atoms with Gasteiger partial charge in [-0.1, -0.05) is 43.7 Å². The molecule has 1 heterocycles. The summed E-state index contributed by atoms with van der Waals surface area (Å²) in [5, 5.41) is 3.48. The van der Waals surface area contributed by atoms with Gasteiger partial charge in [-0.2, -0.15) is 0 Å². The number of hydrogen-bond acceptors (Lipinski definition) is 1. The maximum Gasteiger partial charge on any atom is 0.0551 e. The zero-order valence-corrected chi connectivity index (χ0v) is 12.0. The first kappa shape index (κ1) is 13.9.